The number of halogens is 2. The van der Waals surface area contributed by atoms with Crippen LogP contribution in [0, 0.1) is 0 Å². The molecule has 1 saturated heterocycles. The van der Waals surface area contributed by atoms with E-state index in [4.69, 9.17) is 9.47 Å². The molecule has 1 unspecified atom stereocenters. The Morgan fingerprint density at radius 2 is 2.11 bits per heavy atom. The minimum Gasteiger partial charge on any atom is -0.481 e. The molecule has 2 aromatic rings. The second kappa shape index (κ2) is 8.52. The summed E-state index contributed by atoms with van der Waals surface area (Å²) in [6.45, 7) is -0.589. The molecule has 1 aromatic heterocycles. The molecule has 0 spiro atoms. The van der Waals surface area contributed by atoms with Gasteiger partial charge in [0, 0.05) is 31.3 Å². The summed E-state index contributed by atoms with van der Waals surface area (Å²) in [7, 11) is 1.39. The van der Waals surface area contributed by atoms with E-state index in [2.05, 4.69) is 4.98 Å². The Bertz CT molecular complexity index is 817. The van der Waals surface area contributed by atoms with Crippen molar-refractivity contribution in [1.82, 2.24) is 9.88 Å². The van der Waals surface area contributed by atoms with E-state index in [9.17, 15) is 18.7 Å². The molecule has 8 heteroatoms. The standard InChI is InChI=1S/C20H22F2N2O4/c1-27-18-16(12-25)9-15(10-23-18)17-11-24(8-7-20(17,21)22)19(26)28-13-14-5-3-2-4-6-14/h2-6,9-10,17,25H,7-8,11-13H2,1H3. The van der Waals surface area contributed by atoms with Gasteiger partial charge < -0.3 is 19.5 Å². The van der Waals surface area contributed by atoms with E-state index in [-0.39, 0.29) is 37.7 Å². The third-order valence-corrected chi connectivity index (χ3v) is 4.80. The number of rotatable bonds is 5. The SMILES string of the molecule is COc1ncc(C2CN(C(=O)OCc3ccccc3)CCC2(F)F)cc1CO. The van der Waals surface area contributed by atoms with Gasteiger partial charge >= 0.3 is 6.09 Å². The molecule has 150 valence electrons. The molecule has 0 saturated carbocycles. The third-order valence-electron chi connectivity index (χ3n) is 4.80. The Labute approximate surface area is 161 Å². The summed E-state index contributed by atoms with van der Waals surface area (Å²) in [5.74, 6) is -4.06. The van der Waals surface area contributed by atoms with Crippen LogP contribution < -0.4 is 4.74 Å². The molecule has 2 heterocycles. The zero-order valence-electron chi connectivity index (χ0n) is 15.5. The average Bonchev–Trinajstić information content (AvgIpc) is 2.72. The molecule has 1 aliphatic heterocycles. The highest BCUT2D eigenvalue weighted by Crippen LogP contribution is 2.41. The van der Waals surface area contributed by atoms with E-state index in [1.54, 1.807) is 0 Å². The number of hydrogen-bond donors (Lipinski definition) is 1. The predicted octanol–water partition coefficient (Wildman–Crippen LogP) is 3.34. The molecule has 3 rings (SSSR count). The first-order chi connectivity index (χ1) is 13.4. The number of nitrogens with zero attached hydrogens (tertiary/aromatic N) is 2. The van der Waals surface area contributed by atoms with Gasteiger partial charge in [-0.05, 0) is 17.2 Å². The summed E-state index contributed by atoms with van der Waals surface area (Å²) in [6.07, 6.45) is 0.196. The molecule has 1 N–H and O–H groups in total. The first-order valence-electron chi connectivity index (χ1n) is 8.91. The van der Waals surface area contributed by atoms with Crippen molar-refractivity contribution < 1.29 is 28.2 Å². The van der Waals surface area contributed by atoms with Crippen LogP contribution in [0.25, 0.3) is 0 Å². The van der Waals surface area contributed by atoms with Gasteiger partial charge in [-0.15, -0.1) is 0 Å². The van der Waals surface area contributed by atoms with Gasteiger partial charge in [-0.3, -0.25) is 0 Å². The molecule has 6 nitrogen and oxygen atoms in total. The number of alkyl halides is 2. The minimum absolute atomic E-state index is 0.0793. The van der Waals surface area contributed by atoms with Crippen molar-refractivity contribution in [3.63, 3.8) is 0 Å². The zero-order valence-corrected chi connectivity index (χ0v) is 15.5. The first kappa shape index (κ1) is 20.0. The summed E-state index contributed by atoms with van der Waals surface area (Å²) >= 11 is 0. The molecule has 28 heavy (non-hydrogen) atoms. The van der Waals surface area contributed by atoms with Crippen LogP contribution in [0.5, 0.6) is 5.88 Å². The normalized spacial score (nSPS) is 18.6. The maximum atomic E-state index is 14.6. The second-order valence-corrected chi connectivity index (χ2v) is 6.64. The van der Waals surface area contributed by atoms with Crippen molar-refractivity contribution in [1.29, 1.82) is 0 Å². The van der Waals surface area contributed by atoms with Gasteiger partial charge in [0.1, 0.15) is 6.61 Å². The van der Waals surface area contributed by atoms with E-state index in [1.807, 2.05) is 30.3 Å². The van der Waals surface area contributed by atoms with Crippen LogP contribution in [0.15, 0.2) is 42.6 Å². The van der Waals surface area contributed by atoms with Gasteiger partial charge in [0.25, 0.3) is 5.92 Å². The van der Waals surface area contributed by atoms with Crippen molar-refractivity contribution >= 4 is 6.09 Å². The van der Waals surface area contributed by atoms with Crippen LogP contribution in [0.1, 0.15) is 29.0 Å². The van der Waals surface area contributed by atoms with Crippen LogP contribution in [0.4, 0.5) is 13.6 Å². The van der Waals surface area contributed by atoms with Crippen molar-refractivity contribution in [3.05, 3.63) is 59.3 Å². The van der Waals surface area contributed by atoms with Gasteiger partial charge in [0.15, 0.2) is 0 Å². The van der Waals surface area contributed by atoms with Gasteiger partial charge in [0.2, 0.25) is 5.88 Å². The Kier molecular flexibility index (Phi) is 6.08. The van der Waals surface area contributed by atoms with E-state index < -0.39 is 24.4 Å². The minimum atomic E-state index is -3.00. The average molecular weight is 392 g/mol. The van der Waals surface area contributed by atoms with Crippen LogP contribution in [0.2, 0.25) is 0 Å². The fraction of sp³-hybridized carbons (Fsp3) is 0.400. The number of pyridine rings is 1. The third kappa shape index (κ3) is 4.39. The number of methoxy groups -OCH3 is 1. The first-order valence-corrected chi connectivity index (χ1v) is 8.91. The highest BCUT2D eigenvalue weighted by molar-refractivity contribution is 5.68. The highest BCUT2D eigenvalue weighted by atomic mass is 19.3. The maximum Gasteiger partial charge on any atom is 0.410 e. The molecule has 1 atom stereocenters. The smallest absolute Gasteiger partial charge is 0.410 e. The summed E-state index contributed by atoms with van der Waals surface area (Å²) < 4.78 is 39.4. The number of hydrogen-bond acceptors (Lipinski definition) is 5. The lowest BCUT2D eigenvalue weighted by Crippen LogP contribution is -2.48. The molecular weight excluding hydrogens is 370 g/mol. The quantitative estimate of drug-likeness (QED) is 0.845. The maximum absolute atomic E-state index is 14.6. The van der Waals surface area contributed by atoms with Crippen molar-refractivity contribution in [2.45, 2.75) is 31.5 Å². The number of aliphatic hydroxyl groups excluding tert-OH is 1. The zero-order chi connectivity index (χ0) is 20.1. The molecule has 1 aromatic carbocycles. The van der Waals surface area contributed by atoms with Crippen LogP contribution in [-0.2, 0) is 18.0 Å². The summed E-state index contributed by atoms with van der Waals surface area (Å²) in [4.78, 5) is 17.7. The fourth-order valence-electron chi connectivity index (χ4n) is 3.23. The van der Waals surface area contributed by atoms with Crippen LogP contribution in [-0.4, -0.2) is 47.2 Å². The molecule has 0 radical (unpaired) electrons. The molecule has 0 aliphatic carbocycles. The van der Waals surface area contributed by atoms with Crippen LogP contribution in [0.3, 0.4) is 0 Å². The summed E-state index contributed by atoms with van der Waals surface area (Å²) in [5, 5.41) is 9.43. The number of ether oxygens (including phenoxy) is 2. The summed E-state index contributed by atoms with van der Waals surface area (Å²) in [6, 6.07) is 10.6. The lowest BCUT2D eigenvalue weighted by molar-refractivity contribution is -0.0729. The fourth-order valence-corrected chi connectivity index (χ4v) is 3.23. The number of aromatic nitrogens is 1. The van der Waals surface area contributed by atoms with E-state index in [0.717, 1.165) is 5.56 Å². The Balaban J connectivity index is 1.73. The van der Waals surface area contributed by atoms with E-state index in [0.29, 0.717) is 5.56 Å². The van der Waals surface area contributed by atoms with Crippen molar-refractivity contribution in [3.8, 4) is 5.88 Å². The Morgan fingerprint density at radius 3 is 2.79 bits per heavy atom. The Morgan fingerprint density at radius 1 is 1.36 bits per heavy atom. The molecule has 1 fully saturated rings. The highest BCUT2D eigenvalue weighted by Gasteiger charge is 2.46. The molecule has 1 aliphatic rings. The van der Waals surface area contributed by atoms with E-state index in [1.165, 1.54) is 24.3 Å². The number of aliphatic hydroxyl groups is 1. The number of amides is 1. The molecular formula is C20H22F2N2O4. The largest absolute Gasteiger partial charge is 0.481 e. The number of likely N-dealkylation sites (tertiary alicyclic amines) is 1. The number of piperidine rings is 1. The van der Waals surface area contributed by atoms with E-state index >= 15 is 0 Å². The van der Waals surface area contributed by atoms with Gasteiger partial charge in [-0.2, -0.15) is 0 Å². The summed E-state index contributed by atoms with van der Waals surface area (Å²) in [5.41, 5.74) is 1.39. The lowest BCUT2D eigenvalue weighted by Gasteiger charge is -2.38. The molecule has 0 bridgehead atoms. The van der Waals surface area contributed by atoms with Crippen LogP contribution >= 0.6 is 0 Å². The van der Waals surface area contributed by atoms with Gasteiger partial charge in [-0.25, -0.2) is 18.6 Å². The number of benzene rings is 1. The Hall–Kier alpha value is -2.74. The number of carbonyl (C=O) groups is 1. The van der Waals surface area contributed by atoms with Crippen molar-refractivity contribution in [2.75, 3.05) is 20.2 Å². The number of carbonyl (C=O) groups excluding carboxylic acids is 1. The van der Waals surface area contributed by atoms with Crippen molar-refractivity contribution in [2.24, 2.45) is 0 Å². The topological polar surface area (TPSA) is 71.9 Å². The second-order valence-electron chi connectivity index (χ2n) is 6.64. The molecule has 1 amide bonds. The lowest BCUT2D eigenvalue weighted by atomic mass is 9.87. The van der Waals surface area contributed by atoms with Gasteiger partial charge in [0.05, 0.1) is 19.6 Å². The monoisotopic (exact) mass is 392 g/mol. The predicted molar refractivity (Wildman–Crippen MR) is 97.2 cm³/mol. The van der Waals surface area contributed by atoms with Gasteiger partial charge in [-0.1, -0.05) is 30.3 Å².